The summed E-state index contributed by atoms with van der Waals surface area (Å²) >= 11 is 0. The number of halogens is 1. The van der Waals surface area contributed by atoms with Crippen LogP contribution in [-0.4, -0.2) is 27.0 Å². The second-order valence-corrected chi connectivity index (χ2v) is 3.88. The molecule has 0 spiro atoms. The van der Waals surface area contributed by atoms with Crippen molar-refractivity contribution in [2.45, 2.75) is 13.2 Å². The van der Waals surface area contributed by atoms with Crippen molar-refractivity contribution in [1.82, 2.24) is 14.8 Å². The first-order valence-corrected chi connectivity index (χ1v) is 5.44. The molecule has 1 aromatic carbocycles. The van der Waals surface area contributed by atoms with Crippen LogP contribution in [-0.2, 0) is 25.0 Å². The smallest absolute Gasteiger partial charge is 0.184 e. The number of hydrogen-bond donors (Lipinski definition) is 1. The molecule has 0 aliphatic carbocycles. The number of ether oxygens (including phenoxy) is 1. The molecule has 0 bridgehead atoms. The van der Waals surface area contributed by atoms with E-state index in [-0.39, 0.29) is 18.0 Å². The highest BCUT2D eigenvalue weighted by atomic mass is 19.1. The lowest BCUT2D eigenvalue weighted by atomic mass is 10.1. The van der Waals surface area contributed by atoms with Gasteiger partial charge in [0.2, 0.25) is 0 Å². The van der Waals surface area contributed by atoms with Crippen molar-refractivity contribution in [2.75, 3.05) is 7.11 Å². The van der Waals surface area contributed by atoms with Crippen LogP contribution in [0.1, 0.15) is 11.4 Å². The van der Waals surface area contributed by atoms with E-state index in [1.54, 1.807) is 24.9 Å². The fourth-order valence-corrected chi connectivity index (χ4v) is 1.63. The Bertz CT molecular complexity index is 554. The van der Waals surface area contributed by atoms with Crippen LogP contribution in [0.5, 0.6) is 0 Å². The average Bonchev–Trinajstić information content (AvgIpc) is 2.72. The van der Waals surface area contributed by atoms with Gasteiger partial charge >= 0.3 is 0 Å². The van der Waals surface area contributed by atoms with E-state index in [2.05, 4.69) is 10.1 Å². The highest BCUT2D eigenvalue weighted by molar-refractivity contribution is 5.56. The van der Waals surface area contributed by atoms with Gasteiger partial charge in [-0.1, -0.05) is 6.07 Å². The quantitative estimate of drug-likeness (QED) is 0.888. The first-order chi connectivity index (χ1) is 8.65. The van der Waals surface area contributed by atoms with Gasteiger partial charge in [0, 0.05) is 14.2 Å². The lowest BCUT2D eigenvalue weighted by molar-refractivity contribution is 0.174. The molecule has 6 heteroatoms. The van der Waals surface area contributed by atoms with Gasteiger partial charge in [-0.2, -0.15) is 5.10 Å². The fraction of sp³-hybridized carbons (Fsp3) is 0.333. The second kappa shape index (κ2) is 5.24. The highest BCUT2D eigenvalue weighted by Gasteiger charge is 2.13. The van der Waals surface area contributed by atoms with Gasteiger partial charge < -0.3 is 9.84 Å². The average molecular weight is 251 g/mol. The molecule has 0 saturated heterocycles. The van der Waals surface area contributed by atoms with Crippen LogP contribution >= 0.6 is 0 Å². The normalized spacial score (nSPS) is 10.9. The molecule has 0 aliphatic heterocycles. The van der Waals surface area contributed by atoms with E-state index in [0.717, 1.165) is 0 Å². The van der Waals surface area contributed by atoms with Crippen LogP contribution in [0.25, 0.3) is 11.4 Å². The van der Waals surface area contributed by atoms with Gasteiger partial charge in [-0.25, -0.2) is 9.37 Å². The van der Waals surface area contributed by atoms with Gasteiger partial charge in [0.25, 0.3) is 0 Å². The molecule has 2 rings (SSSR count). The molecule has 5 nitrogen and oxygen atoms in total. The summed E-state index contributed by atoms with van der Waals surface area (Å²) in [5.74, 6) is 0.486. The predicted octanol–water partition coefficient (Wildman–Crippen LogP) is 1.26. The van der Waals surface area contributed by atoms with Crippen LogP contribution in [0.15, 0.2) is 18.2 Å². The molecule has 18 heavy (non-hydrogen) atoms. The Labute approximate surface area is 104 Å². The van der Waals surface area contributed by atoms with E-state index in [4.69, 9.17) is 9.84 Å². The van der Waals surface area contributed by atoms with Crippen molar-refractivity contribution >= 4 is 0 Å². The van der Waals surface area contributed by atoms with E-state index in [0.29, 0.717) is 18.0 Å². The van der Waals surface area contributed by atoms with Crippen molar-refractivity contribution in [2.24, 2.45) is 7.05 Å². The van der Waals surface area contributed by atoms with Gasteiger partial charge in [-0.05, 0) is 17.7 Å². The molecule has 1 N–H and O–H groups in total. The van der Waals surface area contributed by atoms with Crippen molar-refractivity contribution in [1.29, 1.82) is 0 Å². The third-order valence-electron chi connectivity index (χ3n) is 2.58. The Kier molecular flexibility index (Phi) is 3.69. The third-order valence-corrected chi connectivity index (χ3v) is 2.58. The molecule has 0 saturated carbocycles. The lowest BCUT2D eigenvalue weighted by Crippen LogP contribution is -2.00. The van der Waals surface area contributed by atoms with Crippen LogP contribution in [0, 0.1) is 5.82 Å². The Morgan fingerprint density at radius 2 is 2.22 bits per heavy atom. The number of methoxy groups -OCH3 is 1. The zero-order valence-corrected chi connectivity index (χ0v) is 10.2. The number of aromatic nitrogens is 3. The number of hydrogen-bond acceptors (Lipinski definition) is 4. The lowest BCUT2D eigenvalue weighted by Gasteiger charge is -2.01. The zero-order chi connectivity index (χ0) is 13.1. The van der Waals surface area contributed by atoms with E-state index in [1.165, 1.54) is 12.1 Å². The standard InChI is InChI=1S/C12H14FN3O2/c1-16-11(7-18-2)14-12(15-16)9-5-8(6-17)3-4-10(9)13/h3-5,17H,6-7H2,1-2H3. The first-order valence-electron chi connectivity index (χ1n) is 5.44. The van der Waals surface area contributed by atoms with Crippen molar-refractivity contribution in [3.8, 4) is 11.4 Å². The molecule has 96 valence electrons. The number of aliphatic hydroxyl groups excluding tert-OH is 1. The molecule has 1 heterocycles. The summed E-state index contributed by atoms with van der Waals surface area (Å²) in [5.41, 5.74) is 0.895. The monoisotopic (exact) mass is 251 g/mol. The van der Waals surface area contributed by atoms with E-state index >= 15 is 0 Å². The molecular weight excluding hydrogens is 237 g/mol. The summed E-state index contributed by atoms with van der Waals surface area (Å²) in [5, 5.41) is 13.2. The Hall–Kier alpha value is -1.79. The summed E-state index contributed by atoms with van der Waals surface area (Å²) in [4.78, 5) is 4.21. The van der Waals surface area contributed by atoms with Gasteiger partial charge in [-0.15, -0.1) is 0 Å². The number of benzene rings is 1. The second-order valence-electron chi connectivity index (χ2n) is 3.88. The van der Waals surface area contributed by atoms with Crippen molar-refractivity contribution in [3.05, 3.63) is 35.4 Å². The first kappa shape index (κ1) is 12.7. The summed E-state index contributed by atoms with van der Waals surface area (Å²) in [7, 11) is 3.28. The predicted molar refractivity (Wildman–Crippen MR) is 63.0 cm³/mol. The molecule has 0 unspecified atom stereocenters. The molecule has 1 aromatic heterocycles. The maximum Gasteiger partial charge on any atom is 0.184 e. The minimum Gasteiger partial charge on any atom is -0.392 e. The Morgan fingerprint density at radius 1 is 1.44 bits per heavy atom. The highest BCUT2D eigenvalue weighted by Crippen LogP contribution is 2.21. The van der Waals surface area contributed by atoms with E-state index in [9.17, 15) is 4.39 Å². The molecule has 0 aliphatic rings. The SMILES string of the molecule is COCc1nc(-c2cc(CO)ccc2F)nn1C. The molecule has 0 fully saturated rings. The summed E-state index contributed by atoms with van der Waals surface area (Å²) in [6.07, 6.45) is 0. The summed E-state index contributed by atoms with van der Waals surface area (Å²) in [6, 6.07) is 4.37. The fourth-order valence-electron chi connectivity index (χ4n) is 1.63. The van der Waals surface area contributed by atoms with Crippen LogP contribution in [0.3, 0.4) is 0 Å². The topological polar surface area (TPSA) is 60.2 Å². The number of aryl methyl sites for hydroxylation is 1. The van der Waals surface area contributed by atoms with Crippen LogP contribution in [0.2, 0.25) is 0 Å². The molecule has 2 aromatic rings. The Balaban J connectivity index is 2.44. The molecular formula is C12H14FN3O2. The minimum atomic E-state index is -0.415. The number of rotatable bonds is 4. The Morgan fingerprint density at radius 3 is 2.89 bits per heavy atom. The summed E-state index contributed by atoms with van der Waals surface area (Å²) in [6.45, 7) is 0.163. The van der Waals surface area contributed by atoms with Crippen LogP contribution in [0.4, 0.5) is 4.39 Å². The minimum absolute atomic E-state index is 0.148. The van der Waals surface area contributed by atoms with E-state index < -0.39 is 5.82 Å². The number of nitrogens with zero attached hydrogens (tertiary/aromatic N) is 3. The van der Waals surface area contributed by atoms with Crippen LogP contribution < -0.4 is 0 Å². The van der Waals surface area contributed by atoms with Gasteiger partial charge in [0.1, 0.15) is 12.4 Å². The maximum atomic E-state index is 13.7. The largest absolute Gasteiger partial charge is 0.392 e. The van der Waals surface area contributed by atoms with Crippen molar-refractivity contribution in [3.63, 3.8) is 0 Å². The van der Waals surface area contributed by atoms with E-state index in [1.807, 2.05) is 0 Å². The van der Waals surface area contributed by atoms with Gasteiger partial charge in [-0.3, -0.25) is 4.68 Å². The molecule has 0 radical (unpaired) electrons. The third kappa shape index (κ3) is 2.39. The zero-order valence-electron chi connectivity index (χ0n) is 10.2. The van der Waals surface area contributed by atoms with Crippen molar-refractivity contribution < 1.29 is 14.2 Å². The maximum absolute atomic E-state index is 13.7. The molecule has 0 amide bonds. The van der Waals surface area contributed by atoms with Gasteiger partial charge in [0.05, 0.1) is 12.2 Å². The number of aliphatic hydroxyl groups is 1. The molecule has 0 atom stereocenters. The summed E-state index contributed by atoms with van der Waals surface area (Å²) < 4.78 is 20.2. The van der Waals surface area contributed by atoms with Gasteiger partial charge in [0.15, 0.2) is 11.6 Å².